The van der Waals surface area contributed by atoms with Gasteiger partial charge in [0.1, 0.15) is 16.7 Å². The molecule has 306 valence electrons. The van der Waals surface area contributed by atoms with Gasteiger partial charge in [-0.3, -0.25) is 0 Å². The van der Waals surface area contributed by atoms with E-state index in [4.69, 9.17) is 8.83 Å². The second-order valence-corrected chi connectivity index (χ2v) is 18.4. The minimum Gasteiger partial charge on any atom is -0.456 e. The second kappa shape index (κ2) is 13.3. The molecule has 0 unspecified atom stereocenters. The first-order valence-corrected chi connectivity index (χ1v) is 22.3. The molecular weight excluding hydrogens is 781 g/mol. The van der Waals surface area contributed by atoms with Crippen molar-refractivity contribution in [1.29, 1.82) is 0 Å². The van der Waals surface area contributed by atoms with Gasteiger partial charge in [0.25, 0.3) is 0 Å². The Morgan fingerprint density at radius 2 is 0.781 bits per heavy atom. The van der Waals surface area contributed by atoms with Crippen molar-refractivity contribution >= 4 is 78.0 Å². The largest absolute Gasteiger partial charge is 0.456 e. The van der Waals surface area contributed by atoms with Gasteiger partial charge in [-0.2, -0.15) is 0 Å². The number of hydrogen-bond acceptors (Lipinski definition) is 4. The smallest absolute Gasteiger partial charge is 0.159 e. The fraction of sp³-hybridized carbons (Fsp3) is 0.100. The van der Waals surface area contributed by atoms with Crippen LogP contribution in [0.25, 0.3) is 66.1 Å². The molecule has 0 bridgehead atoms. The van der Waals surface area contributed by atoms with E-state index in [1.54, 1.807) is 0 Å². The first kappa shape index (κ1) is 36.8. The van der Waals surface area contributed by atoms with Gasteiger partial charge in [-0.25, -0.2) is 0 Å². The third kappa shape index (κ3) is 5.05. The maximum atomic E-state index is 6.88. The number of fused-ring (bicyclic) bond motifs is 12. The zero-order valence-corrected chi connectivity index (χ0v) is 36.2. The number of nitrogens with zero attached hydrogens (tertiary/aromatic N) is 2. The Morgan fingerprint density at radius 3 is 1.44 bits per heavy atom. The van der Waals surface area contributed by atoms with Gasteiger partial charge in [-0.05, 0) is 105 Å². The predicted molar refractivity (Wildman–Crippen MR) is 265 cm³/mol. The highest BCUT2D eigenvalue weighted by atomic mass is 16.3. The van der Waals surface area contributed by atoms with Gasteiger partial charge in [0.05, 0.1) is 28.1 Å². The average Bonchev–Trinajstić information content (AvgIpc) is 4.03. The third-order valence-corrected chi connectivity index (χ3v) is 14.2. The summed E-state index contributed by atoms with van der Waals surface area (Å²) in [5, 5.41) is 4.36. The van der Waals surface area contributed by atoms with Gasteiger partial charge >= 0.3 is 0 Å². The van der Waals surface area contributed by atoms with Crippen LogP contribution in [-0.4, -0.2) is 0 Å². The normalized spacial score (nSPS) is 14.2. The number of para-hydroxylation sites is 3. The Balaban J connectivity index is 1.11. The van der Waals surface area contributed by atoms with Crippen molar-refractivity contribution in [3.05, 3.63) is 216 Å². The number of anilines is 6. The number of rotatable bonds is 6. The summed E-state index contributed by atoms with van der Waals surface area (Å²) >= 11 is 0. The highest BCUT2D eigenvalue weighted by Gasteiger charge is 2.41. The van der Waals surface area contributed by atoms with Gasteiger partial charge in [0.2, 0.25) is 0 Å². The van der Waals surface area contributed by atoms with Crippen molar-refractivity contribution in [1.82, 2.24) is 0 Å². The van der Waals surface area contributed by atoms with Gasteiger partial charge in [-0.15, -0.1) is 0 Å². The zero-order chi connectivity index (χ0) is 42.9. The van der Waals surface area contributed by atoms with E-state index in [1.807, 2.05) is 12.1 Å². The molecule has 2 heterocycles. The van der Waals surface area contributed by atoms with Crippen LogP contribution in [0.5, 0.6) is 0 Å². The topological polar surface area (TPSA) is 32.8 Å². The Hall–Kier alpha value is -7.82. The Bertz CT molecular complexity index is 3710. The molecule has 0 spiro atoms. The Labute approximate surface area is 372 Å². The first-order valence-electron chi connectivity index (χ1n) is 22.3. The lowest BCUT2D eigenvalue weighted by atomic mass is 9.81. The molecule has 64 heavy (non-hydrogen) atoms. The van der Waals surface area contributed by atoms with Crippen LogP contribution in [0.1, 0.15) is 49.9 Å². The van der Waals surface area contributed by atoms with Gasteiger partial charge in [0.15, 0.2) is 5.58 Å². The second-order valence-electron chi connectivity index (χ2n) is 18.4. The minimum atomic E-state index is -0.268. The lowest BCUT2D eigenvalue weighted by Crippen LogP contribution is -2.22. The van der Waals surface area contributed by atoms with Crippen LogP contribution >= 0.6 is 0 Å². The van der Waals surface area contributed by atoms with Crippen molar-refractivity contribution in [3.8, 4) is 22.3 Å². The molecule has 13 rings (SSSR count). The third-order valence-electron chi connectivity index (χ3n) is 14.2. The summed E-state index contributed by atoms with van der Waals surface area (Å²) in [5.74, 6) is 0. The SMILES string of the molecule is CC1(C)c2ccccc2-c2cccc(N(c3cccc(N(c4cccc5c4C(C)(C)c4ccccc4-5)c4cccc5oc6ccccc6c45)c3)c3cccc4c3oc3ccccc34)c21. The Kier molecular flexibility index (Phi) is 7.67. The molecule has 11 aromatic rings. The molecule has 2 aromatic heterocycles. The number of benzene rings is 9. The van der Waals surface area contributed by atoms with E-state index < -0.39 is 0 Å². The molecule has 4 nitrogen and oxygen atoms in total. The van der Waals surface area contributed by atoms with Crippen molar-refractivity contribution in [2.24, 2.45) is 0 Å². The summed E-state index contributed by atoms with van der Waals surface area (Å²) in [7, 11) is 0. The summed E-state index contributed by atoms with van der Waals surface area (Å²) in [4.78, 5) is 4.93. The zero-order valence-electron chi connectivity index (χ0n) is 36.2. The predicted octanol–water partition coefficient (Wildman–Crippen LogP) is 17.0. The fourth-order valence-electron chi connectivity index (χ4n) is 11.4. The van der Waals surface area contributed by atoms with E-state index >= 15 is 0 Å². The van der Waals surface area contributed by atoms with Crippen LogP contribution in [-0.2, 0) is 10.8 Å². The lowest BCUT2D eigenvalue weighted by Gasteiger charge is -2.34. The molecule has 0 atom stereocenters. The monoisotopic (exact) mass is 824 g/mol. The molecule has 9 aromatic carbocycles. The van der Waals surface area contributed by atoms with Crippen LogP contribution in [0.2, 0.25) is 0 Å². The summed E-state index contributed by atoms with van der Waals surface area (Å²) in [6, 6.07) is 70.3. The highest BCUT2D eigenvalue weighted by Crippen LogP contribution is 2.58. The maximum Gasteiger partial charge on any atom is 0.159 e. The molecule has 0 saturated carbocycles. The molecule has 0 N–H and O–H groups in total. The average molecular weight is 825 g/mol. The van der Waals surface area contributed by atoms with E-state index in [1.165, 1.54) is 44.5 Å². The van der Waals surface area contributed by atoms with Crippen LogP contribution < -0.4 is 9.80 Å². The molecule has 4 heteroatoms. The summed E-state index contributed by atoms with van der Waals surface area (Å²) < 4.78 is 13.5. The van der Waals surface area contributed by atoms with Crippen molar-refractivity contribution < 1.29 is 8.83 Å². The molecule has 2 aliphatic carbocycles. The number of furan rings is 2. The van der Waals surface area contributed by atoms with Crippen molar-refractivity contribution in [2.45, 2.75) is 38.5 Å². The molecule has 0 saturated heterocycles. The van der Waals surface area contributed by atoms with E-state index in [9.17, 15) is 0 Å². The standard InChI is InChI=1S/C60H44N2O2/c1-59(2)46-27-9-5-20-39(46)42-24-14-30-49(56(42)59)61(48-29-17-35-54-55(48)45-23-8-12-34-53(45)63-54)37-18-13-19-38(36-37)62(51-32-16-26-44-41-22-7-11-33-52(41)64-58(44)51)50-31-15-25-43-40-21-6-10-28-47(40)60(3,4)57(43)50/h5-36H,1-4H3. The summed E-state index contributed by atoms with van der Waals surface area (Å²) in [6.07, 6.45) is 0. The van der Waals surface area contributed by atoms with Crippen LogP contribution in [0.4, 0.5) is 34.1 Å². The molecular formula is C60H44N2O2. The summed E-state index contributed by atoms with van der Waals surface area (Å²) in [6.45, 7) is 9.47. The van der Waals surface area contributed by atoms with E-state index in [2.05, 4.69) is 219 Å². The molecule has 2 aliphatic rings. The van der Waals surface area contributed by atoms with Crippen LogP contribution in [0.3, 0.4) is 0 Å². The van der Waals surface area contributed by atoms with Crippen molar-refractivity contribution in [2.75, 3.05) is 9.80 Å². The molecule has 0 aliphatic heterocycles. The van der Waals surface area contributed by atoms with E-state index in [0.717, 1.165) is 78.0 Å². The first-order chi connectivity index (χ1) is 31.3. The van der Waals surface area contributed by atoms with Crippen LogP contribution in [0, 0.1) is 0 Å². The van der Waals surface area contributed by atoms with Gasteiger partial charge in [0, 0.05) is 38.4 Å². The number of hydrogen-bond donors (Lipinski definition) is 0. The van der Waals surface area contributed by atoms with E-state index in [0.29, 0.717) is 0 Å². The maximum absolute atomic E-state index is 6.88. The quantitative estimate of drug-likeness (QED) is 0.167. The highest BCUT2D eigenvalue weighted by molar-refractivity contribution is 6.14. The van der Waals surface area contributed by atoms with E-state index in [-0.39, 0.29) is 10.8 Å². The van der Waals surface area contributed by atoms with Gasteiger partial charge in [-0.1, -0.05) is 161 Å². The van der Waals surface area contributed by atoms with Crippen LogP contribution in [0.15, 0.2) is 203 Å². The van der Waals surface area contributed by atoms with Crippen molar-refractivity contribution in [3.63, 3.8) is 0 Å². The molecule has 0 radical (unpaired) electrons. The fourth-order valence-corrected chi connectivity index (χ4v) is 11.4. The Morgan fingerprint density at radius 1 is 0.344 bits per heavy atom. The minimum absolute atomic E-state index is 0.265. The lowest BCUT2D eigenvalue weighted by molar-refractivity contribution is 0.659. The molecule has 0 amide bonds. The summed E-state index contributed by atoms with van der Waals surface area (Å²) in [5.41, 5.74) is 19.6. The van der Waals surface area contributed by atoms with Gasteiger partial charge < -0.3 is 18.6 Å². The molecule has 0 fully saturated rings.